The van der Waals surface area contributed by atoms with Gasteiger partial charge in [0.15, 0.2) is 10.5 Å². The first-order chi connectivity index (χ1) is 12.0. The van der Waals surface area contributed by atoms with Gasteiger partial charge >= 0.3 is 0 Å². The average Bonchev–Trinajstić information content (AvgIpc) is 3.20. The van der Waals surface area contributed by atoms with Gasteiger partial charge < -0.3 is 4.57 Å². The lowest BCUT2D eigenvalue weighted by Gasteiger charge is -2.03. The minimum Gasteiger partial charge on any atom is -0.312 e. The quantitative estimate of drug-likeness (QED) is 0.651. The third-order valence-corrected chi connectivity index (χ3v) is 5.06. The van der Waals surface area contributed by atoms with Crippen LogP contribution in [-0.2, 0) is 13.0 Å². The molecule has 0 aliphatic rings. The first-order valence-electron chi connectivity index (χ1n) is 8.40. The molecular weight excluding hydrogens is 332 g/mol. The van der Waals surface area contributed by atoms with Crippen LogP contribution in [0.5, 0.6) is 0 Å². The van der Waals surface area contributed by atoms with Crippen molar-refractivity contribution in [1.82, 2.24) is 14.3 Å². The number of benzene rings is 1. The minimum atomic E-state index is -0.320. The Morgan fingerprint density at radius 3 is 2.84 bits per heavy atom. The van der Waals surface area contributed by atoms with Crippen LogP contribution in [0, 0.1) is 0 Å². The van der Waals surface area contributed by atoms with Crippen molar-refractivity contribution in [3.8, 4) is 0 Å². The zero-order valence-corrected chi connectivity index (χ0v) is 15.6. The Kier molecular flexibility index (Phi) is 4.99. The number of aryl methyl sites for hydroxylation is 1. The van der Waals surface area contributed by atoms with Crippen LogP contribution in [0.1, 0.15) is 42.9 Å². The molecular formula is C19H22N4OS. The van der Waals surface area contributed by atoms with Crippen molar-refractivity contribution in [3.63, 3.8) is 0 Å². The number of nitrogens with zero attached hydrogens (tertiary/aromatic N) is 4. The van der Waals surface area contributed by atoms with Gasteiger partial charge in [-0.25, -0.2) is 0 Å². The molecule has 0 aliphatic carbocycles. The number of carbonyl (C=O) groups excluding carboxylic acids is 1. The van der Waals surface area contributed by atoms with Crippen molar-refractivity contribution >= 4 is 27.5 Å². The summed E-state index contributed by atoms with van der Waals surface area (Å²) in [4.78, 5) is 17.5. The number of allylic oxidation sites excluding steroid dienone is 1. The van der Waals surface area contributed by atoms with E-state index in [-0.39, 0.29) is 11.9 Å². The summed E-state index contributed by atoms with van der Waals surface area (Å²) >= 11 is 1.52. The van der Waals surface area contributed by atoms with Crippen LogP contribution >= 0.6 is 11.3 Å². The molecule has 6 heteroatoms. The average molecular weight is 354 g/mol. The summed E-state index contributed by atoms with van der Waals surface area (Å²) in [6, 6.07) is 8.29. The molecule has 2 heterocycles. The molecule has 0 saturated carbocycles. The normalized spacial score (nSPS) is 12.2. The predicted molar refractivity (Wildman–Crippen MR) is 102 cm³/mol. The number of fused-ring (bicyclic) bond motifs is 1. The van der Waals surface area contributed by atoms with E-state index in [4.69, 9.17) is 0 Å². The van der Waals surface area contributed by atoms with E-state index >= 15 is 0 Å². The molecule has 2 aromatic heterocycles. The largest absolute Gasteiger partial charge is 0.312 e. The summed E-state index contributed by atoms with van der Waals surface area (Å²) in [5.41, 5.74) is 2.71. The second kappa shape index (κ2) is 7.19. The van der Waals surface area contributed by atoms with Crippen LogP contribution in [0.2, 0.25) is 0 Å². The number of amides is 1. The molecule has 3 aromatic rings. The second-order valence-corrected chi connectivity index (χ2v) is 7.14. The molecule has 0 spiro atoms. The highest BCUT2D eigenvalue weighted by Crippen LogP contribution is 2.20. The molecule has 3 rings (SSSR count). The van der Waals surface area contributed by atoms with E-state index in [1.165, 1.54) is 16.9 Å². The molecule has 0 radical (unpaired) electrons. The molecule has 0 atom stereocenters. The van der Waals surface area contributed by atoms with Gasteiger partial charge in [0.2, 0.25) is 0 Å². The van der Waals surface area contributed by atoms with Gasteiger partial charge in [0, 0.05) is 18.8 Å². The van der Waals surface area contributed by atoms with E-state index in [2.05, 4.69) is 41.8 Å². The topological polar surface area (TPSA) is 52.2 Å². The highest BCUT2D eigenvalue weighted by atomic mass is 32.1. The highest BCUT2D eigenvalue weighted by molar-refractivity contribution is 7.16. The molecule has 0 bridgehead atoms. The van der Waals surface area contributed by atoms with Crippen molar-refractivity contribution in [3.05, 3.63) is 59.2 Å². The molecule has 5 nitrogen and oxygen atoms in total. The number of carbonyl (C=O) groups is 1. The molecule has 0 saturated heterocycles. The van der Waals surface area contributed by atoms with Crippen LogP contribution in [0.15, 0.2) is 48.1 Å². The Morgan fingerprint density at radius 1 is 1.40 bits per heavy atom. The first kappa shape index (κ1) is 17.4. The lowest BCUT2D eigenvalue weighted by Crippen LogP contribution is -2.16. The van der Waals surface area contributed by atoms with Crippen molar-refractivity contribution in [2.75, 3.05) is 0 Å². The summed E-state index contributed by atoms with van der Waals surface area (Å²) in [5, 5.41) is 4.31. The summed E-state index contributed by atoms with van der Waals surface area (Å²) in [7, 11) is 0. The van der Waals surface area contributed by atoms with Crippen molar-refractivity contribution in [2.24, 2.45) is 4.99 Å². The third-order valence-electron chi connectivity index (χ3n) is 4.02. The number of hydrogen-bond donors (Lipinski definition) is 0. The monoisotopic (exact) mass is 354 g/mol. The van der Waals surface area contributed by atoms with Gasteiger partial charge in [-0.15, -0.1) is 6.58 Å². The molecule has 0 aliphatic heterocycles. The van der Waals surface area contributed by atoms with Gasteiger partial charge in [0.05, 0.1) is 10.2 Å². The molecule has 0 fully saturated rings. The number of hydrogen-bond acceptors (Lipinski definition) is 3. The molecule has 1 amide bonds. The molecule has 0 N–H and O–H groups in total. The Hall–Kier alpha value is -2.47. The van der Waals surface area contributed by atoms with Crippen LogP contribution < -0.4 is 4.80 Å². The van der Waals surface area contributed by atoms with E-state index in [1.54, 1.807) is 10.7 Å². The van der Waals surface area contributed by atoms with Gasteiger partial charge in [0.25, 0.3) is 5.91 Å². The fraction of sp³-hybridized carbons (Fsp3) is 0.316. The summed E-state index contributed by atoms with van der Waals surface area (Å²) < 4.78 is 4.91. The van der Waals surface area contributed by atoms with Crippen LogP contribution in [0.4, 0.5) is 0 Å². The minimum absolute atomic E-state index is 0.212. The van der Waals surface area contributed by atoms with Crippen molar-refractivity contribution in [1.29, 1.82) is 0 Å². The third kappa shape index (κ3) is 3.49. The van der Waals surface area contributed by atoms with Gasteiger partial charge in [0.1, 0.15) is 0 Å². The van der Waals surface area contributed by atoms with Gasteiger partial charge in [-0.2, -0.15) is 10.1 Å². The molecule has 130 valence electrons. The Bertz CT molecular complexity index is 990. The summed E-state index contributed by atoms with van der Waals surface area (Å²) in [6.45, 7) is 10.6. The molecule has 1 aromatic carbocycles. The predicted octanol–water partition coefficient (Wildman–Crippen LogP) is 3.97. The summed E-state index contributed by atoms with van der Waals surface area (Å²) in [6.07, 6.45) is 4.61. The zero-order valence-electron chi connectivity index (χ0n) is 14.8. The van der Waals surface area contributed by atoms with E-state index in [0.717, 1.165) is 16.6 Å². The standard InChI is InChI=1S/C19H22N4OS/c1-5-10-22-16-8-7-14(6-2)12-17(16)25-19(22)20-18(24)15-9-11-23(21-15)13(3)4/h5,7-9,11-13H,1,6,10H2,2-4H3. The molecule has 0 unspecified atom stereocenters. The first-order valence-corrected chi connectivity index (χ1v) is 9.22. The number of thiazole rings is 1. The second-order valence-electron chi connectivity index (χ2n) is 6.13. The van der Waals surface area contributed by atoms with E-state index in [1.807, 2.05) is 30.7 Å². The Balaban J connectivity index is 2.08. The lowest BCUT2D eigenvalue weighted by molar-refractivity contribution is 0.0992. The van der Waals surface area contributed by atoms with Crippen molar-refractivity contribution in [2.45, 2.75) is 39.8 Å². The van der Waals surface area contributed by atoms with Gasteiger partial charge in [-0.05, 0) is 44.0 Å². The SMILES string of the molecule is C=CCn1c(=NC(=O)c2ccn(C(C)C)n2)sc2cc(CC)ccc21. The van der Waals surface area contributed by atoms with Crippen LogP contribution in [0.25, 0.3) is 10.2 Å². The fourth-order valence-corrected chi connectivity index (χ4v) is 3.71. The zero-order chi connectivity index (χ0) is 18.0. The van der Waals surface area contributed by atoms with E-state index < -0.39 is 0 Å². The van der Waals surface area contributed by atoms with Gasteiger partial charge in [-0.3, -0.25) is 9.48 Å². The molecule has 25 heavy (non-hydrogen) atoms. The maximum atomic E-state index is 12.5. The van der Waals surface area contributed by atoms with E-state index in [9.17, 15) is 4.79 Å². The van der Waals surface area contributed by atoms with Crippen molar-refractivity contribution < 1.29 is 4.79 Å². The smallest absolute Gasteiger partial charge is 0.300 e. The maximum Gasteiger partial charge on any atom is 0.300 e. The van der Waals surface area contributed by atoms with E-state index in [0.29, 0.717) is 17.0 Å². The fourth-order valence-electron chi connectivity index (χ4n) is 2.61. The summed E-state index contributed by atoms with van der Waals surface area (Å²) in [5.74, 6) is -0.320. The van der Waals surface area contributed by atoms with Crippen LogP contribution in [0.3, 0.4) is 0 Å². The number of rotatable bonds is 5. The highest BCUT2D eigenvalue weighted by Gasteiger charge is 2.12. The van der Waals surface area contributed by atoms with Gasteiger partial charge in [-0.1, -0.05) is 30.4 Å². The number of aromatic nitrogens is 3. The Labute approximate surface area is 150 Å². The maximum absolute atomic E-state index is 12.5. The Morgan fingerprint density at radius 2 is 2.20 bits per heavy atom. The lowest BCUT2D eigenvalue weighted by atomic mass is 10.2. The van der Waals surface area contributed by atoms with Crippen LogP contribution in [-0.4, -0.2) is 20.3 Å².